The Hall–Kier alpha value is -3.80. The van der Waals surface area contributed by atoms with Crippen LogP contribution < -0.4 is 15.6 Å². The Labute approximate surface area is 180 Å². The second-order valence-corrected chi connectivity index (χ2v) is 7.42. The summed E-state index contributed by atoms with van der Waals surface area (Å²) < 4.78 is 9.36. The molecule has 4 rings (SSSR count). The van der Waals surface area contributed by atoms with Crippen LogP contribution in [0.5, 0.6) is 5.75 Å². The van der Waals surface area contributed by atoms with E-state index in [9.17, 15) is 9.59 Å². The van der Waals surface area contributed by atoms with Gasteiger partial charge in [-0.15, -0.1) is 0 Å². The molecular formula is C25H25N3O3. The Kier molecular flexibility index (Phi) is 5.62. The van der Waals surface area contributed by atoms with E-state index >= 15 is 0 Å². The van der Waals surface area contributed by atoms with E-state index in [4.69, 9.17) is 4.74 Å². The minimum absolute atomic E-state index is 0.260. The maximum absolute atomic E-state index is 13.1. The summed E-state index contributed by atoms with van der Waals surface area (Å²) in [6, 6.07) is 23.0. The van der Waals surface area contributed by atoms with Gasteiger partial charge in [0.25, 0.3) is 11.5 Å². The molecule has 0 saturated carbocycles. The van der Waals surface area contributed by atoms with Gasteiger partial charge < -0.3 is 10.1 Å². The highest BCUT2D eigenvalue weighted by atomic mass is 16.5. The van der Waals surface area contributed by atoms with Crippen LogP contribution in [0.25, 0.3) is 16.5 Å². The Morgan fingerprint density at radius 3 is 2.42 bits per heavy atom. The average molecular weight is 415 g/mol. The van der Waals surface area contributed by atoms with Gasteiger partial charge in [0, 0.05) is 12.4 Å². The molecule has 1 unspecified atom stereocenters. The second-order valence-electron chi connectivity index (χ2n) is 7.42. The first-order valence-corrected chi connectivity index (χ1v) is 10.3. The van der Waals surface area contributed by atoms with Crippen LogP contribution in [-0.2, 0) is 11.8 Å². The Morgan fingerprint density at radius 1 is 1.00 bits per heavy atom. The topological polar surface area (TPSA) is 65.3 Å². The maximum Gasteiger partial charge on any atom is 0.295 e. The number of hydrogen-bond acceptors (Lipinski definition) is 3. The molecule has 0 spiro atoms. The number of rotatable bonds is 6. The molecule has 0 saturated heterocycles. The number of carbonyl (C=O) groups is 1. The third-order valence-corrected chi connectivity index (χ3v) is 5.48. The first kappa shape index (κ1) is 20.5. The van der Waals surface area contributed by atoms with E-state index in [2.05, 4.69) is 5.32 Å². The van der Waals surface area contributed by atoms with Crippen molar-refractivity contribution in [2.75, 3.05) is 5.32 Å². The van der Waals surface area contributed by atoms with Crippen molar-refractivity contribution in [1.29, 1.82) is 0 Å². The monoisotopic (exact) mass is 415 g/mol. The number of carbonyl (C=O) groups excluding carboxylic acids is 1. The van der Waals surface area contributed by atoms with Crippen molar-refractivity contribution in [3.05, 3.63) is 88.8 Å². The first-order chi connectivity index (χ1) is 15.0. The smallest absolute Gasteiger partial charge is 0.295 e. The third kappa shape index (κ3) is 3.84. The van der Waals surface area contributed by atoms with Crippen molar-refractivity contribution in [3.8, 4) is 11.4 Å². The summed E-state index contributed by atoms with van der Waals surface area (Å²) in [7, 11) is 1.79. The molecular weight excluding hydrogens is 390 g/mol. The minimum Gasteiger partial charge on any atom is -0.480 e. The molecule has 3 aromatic carbocycles. The van der Waals surface area contributed by atoms with Crippen molar-refractivity contribution in [1.82, 2.24) is 9.36 Å². The number of nitrogens with zero attached hydrogens (tertiary/aromatic N) is 2. The van der Waals surface area contributed by atoms with Crippen LogP contribution in [0.15, 0.2) is 77.6 Å². The van der Waals surface area contributed by atoms with Crippen LogP contribution in [0.3, 0.4) is 0 Å². The number of nitrogens with one attached hydrogen (secondary N) is 1. The van der Waals surface area contributed by atoms with E-state index in [-0.39, 0.29) is 17.2 Å². The number of benzene rings is 3. The van der Waals surface area contributed by atoms with E-state index in [1.807, 2.05) is 86.6 Å². The van der Waals surface area contributed by atoms with E-state index in [0.29, 0.717) is 17.9 Å². The van der Waals surface area contributed by atoms with Crippen LogP contribution in [0.4, 0.5) is 5.69 Å². The molecule has 0 fully saturated rings. The lowest BCUT2D eigenvalue weighted by Crippen LogP contribution is -2.34. The second kappa shape index (κ2) is 8.52. The summed E-state index contributed by atoms with van der Waals surface area (Å²) in [5.74, 6) is 0.299. The zero-order valence-corrected chi connectivity index (χ0v) is 17.8. The van der Waals surface area contributed by atoms with Crippen LogP contribution in [0, 0.1) is 6.92 Å². The van der Waals surface area contributed by atoms with Crippen LogP contribution >= 0.6 is 0 Å². The van der Waals surface area contributed by atoms with Crippen LogP contribution in [-0.4, -0.2) is 21.4 Å². The van der Waals surface area contributed by atoms with Gasteiger partial charge in [0.1, 0.15) is 11.4 Å². The molecule has 6 nitrogen and oxygen atoms in total. The van der Waals surface area contributed by atoms with Gasteiger partial charge in [-0.25, -0.2) is 4.68 Å². The summed E-state index contributed by atoms with van der Waals surface area (Å²) in [4.78, 5) is 26.1. The number of hydrogen-bond donors (Lipinski definition) is 1. The molecule has 1 heterocycles. The number of aromatic nitrogens is 2. The van der Waals surface area contributed by atoms with E-state index in [1.165, 1.54) is 4.68 Å². The van der Waals surface area contributed by atoms with Gasteiger partial charge in [-0.2, -0.15) is 0 Å². The molecule has 0 aliphatic carbocycles. The molecule has 6 heteroatoms. The van der Waals surface area contributed by atoms with E-state index in [1.54, 1.807) is 11.7 Å². The fourth-order valence-electron chi connectivity index (χ4n) is 3.69. The zero-order valence-electron chi connectivity index (χ0n) is 17.8. The largest absolute Gasteiger partial charge is 0.480 e. The predicted molar refractivity (Wildman–Crippen MR) is 123 cm³/mol. The number of amides is 1. The van der Waals surface area contributed by atoms with Crippen molar-refractivity contribution < 1.29 is 9.53 Å². The lowest BCUT2D eigenvalue weighted by atomic mass is 10.1. The van der Waals surface area contributed by atoms with Gasteiger partial charge in [-0.3, -0.25) is 14.3 Å². The lowest BCUT2D eigenvalue weighted by molar-refractivity contribution is -0.122. The highest BCUT2D eigenvalue weighted by Crippen LogP contribution is 2.27. The van der Waals surface area contributed by atoms with Gasteiger partial charge in [0.05, 0.1) is 11.4 Å². The summed E-state index contributed by atoms with van der Waals surface area (Å²) in [6.07, 6.45) is -0.261. The Bertz CT molecular complexity index is 1280. The summed E-state index contributed by atoms with van der Waals surface area (Å²) in [6.45, 7) is 3.69. The van der Waals surface area contributed by atoms with Crippen LogP contribution in [0.1, 0.15) is 19.0 Å². The highest BCUT2D eigenvalue weighted by molar-refractivity contribution is 5.95. The molecule has 0 aliphatic heterocycles. The molecule has 0 bridgehead atoms. The third-order valence-electron chi connectivity index (χ3n) is 5.48. The Morgan fingerprint density at radius 2 is 1.68 bits per heavy atom. The normalized spacial score (nSPS) is 12.0. The fourth-order valence-corrected chi connectivity index (χ4v) is 3.69. The average Bonchev–Trinajstić information content (AvgIpc) is 3.01. The molecule has 1 atom stereocenters. The minimum atomic E-state index is -0.727. The van der Waals surface area contributed by atoms with E-state index < -0.39 is 6.10 Å². The van der Waals surface area contributed by atoms with Gasteiger partial charge in [-0.05, 0) is 36.9 Å². The molecule has 31 heavy (non-hydrogen) atoms. The van der Waals surface area contributed by atoms with E-state index in [0.717, 1.165) is 16.5 Å². The highest BCUT2D eigenvalue weighted by Gasteiger charge is 2.24. The lowest BCUT2D eigenvalue weighted by Gasteiger charge is -2.18. The number of fused-ring (bicyclic) bond motifs is 1. The summed E-state index contributed by atoms with van der Waals surface area (Å²) >= 11 is 0. The zero-order chi connectivity index (χ0) is 22.0. The molecule has 1 amide bonds. The molecule has 4 aromatic rings. The first-order valence-electron chi connectivity index (χ1n) is 10.3. The predicted octanol–water partition coefficient (Wildman–Crippen LogP) is 4.43. The molecule has 1 N–H and O–H groups in total. The number of para-hydroxylation sites is 1. The molecule has 0 aliphatic rings. The summed E-state index contributed by atoms with van der Waals surface area (Å²) in [5, 5.41) is 4.80. The van der Waals surface area contributed by atoms with Gasteiger partial charge >= 0.3 is 0 Å². The van der Waals surface area contributed by atoms with Gasteiger partial charge in [0.2, 0.25) is 0 Å². The summed E-state index contributed by atoms with van der Waals surface area (Å²) in [5.41, 5.74) is 1.38. The maximum atomic E-state index is 13.1. The SMILES string of the molecule is CCC(Oc1cccc2ccccc12)C(=O)Nc1c(C)n(C)n(-c2ccccc2)c1=O. The van der Waals surface area contributed by atoms with Gasteiger partial charge in [0.15, 0.2) is 6.10 Å². The standard InChI is InChI=1S/C25H25N3O3/c1-4-21(31-22-16-10-12-18-11-8-9-15-20(18)22)24(29)26-23-17(2)27(3)28(25(23)30)19-13-6-5-7-14-19/h5-16,21H,4H2,1-3H3,(H,26,29). The van der Waals surface area contributed by atoms with Gasteiger partial charge in [-0.1, -0.05) is 61.5 Å². The molecule has 0 radical (unpaired) electrons. The Balaban J connectivity index is 1.62. The van der Waals surface area contributed by atoms with Crippen molar-refractivity contribution >= 4 is 22.4 Å². The van der Waals surface area contributed by atoms with Crippen LogP contribution in [0.2, 0.25) is 0 Å². The quantitative estimate of drug-likeness (QED) is 0.507. The molecule has 158 valence electrons. The molecule has 1 aromatic heterocycles. The van der Waals surface area contributed by atoms with Crippen molar-refractivity contribution in [2.45, 2.75) is 26.4 Å². The van der Waals surface area contributed by atoms with Crippen molar-refractivity contribution in [3.63, 3.8) is 0 Å². The number of ether oxygens (including phenoxy) is 1. The van der Waals surface area contributed by atoms with Crippen molar-refractivity contribution in [2.24, 2.45) is 7.05 Å². The number of anilines is 1. The fraction of sp³-hybridized carbons (Fsp3) is 0.200.